The van der Waals surface area contributed by atoms with Crippen LogP contribution in [0.3, 0.4) is 0 Å². The van der Waals surface area contributed by atoms with E-state index in [1.165, 1.54) is 18.7 Å². The highest BCUT2D eigenvalue weighted by Crippen LogP contribution is 2.38. The topological polar surface area (TPSA) is 30.7 Å². The van der Waals surface area contributed by atoms with Crippen molar-refractivity contribution in [2.24, 2.45) is 0 Å². The fourth-order valence-corrected chi connectivity index (χ4v) is 1.17. The maximum Gasteiger partial charge on any atom is 0.138 e. The maximum absolute atomic E-state index is 4.20. The first-order chi connectivity index (χ1) is 4.92. The van der Waals surface area contributed by atoms with Gasteiger partial charge in [0.1, 0.15) is 12.2 Å². The predicted molar refractivity (Wildman–Crippen MR) is 37.7 cm³/mol. The molecule has 0 amide bonds. The van der Waals surface area contributed by atoms with Crippen LogP contribution in [-0.4, -0.2) is 14.8 Å². The van der Waals surface area contributed by atoms with Crippen LogP contribution in [0.4, 0.5) is 0 Å². The summed E-state index contributed by atoms with van der Waals surface area (Å²) in [4.78, 5) is 4.20. The van der Waals surface area contributed by atoms with Crippen molar-refractivity contribution in [1.82, 2.24) is 14.8 Å². The van der Waals surface area contributed by atoms with E-state index in [-0.39, 0.29) is 0 Å². The molecule has 1 aromatic rings. The number of rotatable bonds is 2. The Kier molecular flexibility index (Phi) is 1.22. The van der Waals surface area contributed by atoms with E-state index in [4.69, 9.17) is 0 Å². The SMILES string of the molecule is CCn1ncnc1C1CC1. The molecule has 3 heteroatoms. The van der Waals surface area contributed by atoms with Gasteiger partial charge in [-0.1, -0.05) is 0 Å². The molecular formula is C7H11N3. The van der Waals surface area contributed by atoms with E-state index in [0.717, 1.165) is 12.5 Å². The molecule has 1 saturated carbocycles. The van der Waals surface area contributed by atoms with E-state index >= 15 is 0 Å². The second kappa shape index (κ2) is 2.08. The second-order valence-electron chi connectivity index (χ2n) is 2.71. The first kappa shape index (κ1) is 5.89. The van der Waals surface area contributed by atoms with Crippen molar-refractivity contribution in [2.45, 2.75) is 32.2 Å². The summed E-state index contributed by atoms with van der Waals surface area (Å²) < 4.78 is 1.98. The number of hydrogen-bond acceptors (Lipinski definition) is 2. The van der Waals surface area contributed by atoms with Gasteiger partial charge in [-0.3, -0.25) is 4.68 Å². The Labute approximate surface area is 60.1 Å². The molecule has 1 aliphatic carbocycles. The van der Waals surface area contributed by atoms with Crippen LogP contribution in [0.1, 0.15) is 31.5 Å². The lowest BCUT2D eigenvalue weighted by molar-refractivity contribution is 0.617. The van der Waals surface area contributed by atoms with Gasteiger partial charge >= 0.3 is 0 Å². The normalized spacial score (nSPS) is 17.7. The lowest BCUT2D eigenvalue weighted by Gasteiger charge is -1.98. The molecule has 0 radical (unpaired) electrons. The van der Waals surface area contributed by atoms with Crippen LogP contribution in [0.15, 0.2) is 6.33 Å². The van der Waals surface area contributed by atoms with Crippen LogP contribution in [0.2, 0.25) is 0 Å². The second-order valence-corrected chi connectivity index (χ2v) is 2.71. The summed E-state index contributed by atoms with van der Waals surface area (Å²) >= 11 is 0. The molecule has 1 aliphatic rings. The average Bonchev–Trinajstić information content (AvgIpc) is 2.69. The number of hydrogen-bond donors (Lipinski definition) is 0. The molecule has 54 valence electrons. The van der Waals surface area contributed by atoms with Gasteiger partial charge in [0, 0.05) is 12.5 Å². The first-order valence-electron chi connectivity index (χ1n) is 3.79. The molecule has 3 nitrogen and oxygen atoms in total. The number of aromatic nitrogens is 3. The third-order valence-electron chi connectivity index (χ3n) is 1.89. The van der Waals surface area contributed by atoms with Crippen molar-refractivity contribution < 1.29 is 0 Å². The van der Waals surface area contributed by atoms with Gasteiger partial charge in [0.15, 0.2) is 0 Å². The molecule has 10 heavy (non-hydrogen) atoms. The lowest BCUT2D eigenvalue weighted by Crippen LogP contribution is -2.01. The smallest absolute Gasteiger partial charge is 0.138 e. The molecule has 0 aromatic carbocycles. The zero-order valence-corrected chi connectivity index (χ0v) is 6.12. The molecule has 0 atom stereocenters. The van der Waals surface area contributed by atoms with Crippen LogP contribution in [0.25, 0.3) is 0 Å². The van der Waals surface area contributed by atoms with Gasteiger partial charge in [-0.25, -0.2) is 4.98 Å². The Hall–Kier alpha value is -0.860. The third-order valence-corrected chi connectivity index (χ3v) is 1.89. The third kappa shape index (κ3) is 0.818. The fourth-order valence-electron chi connectivity index (χ4n) is 1.17. The number of aryl methyl sites for hydroxylation is 1. The predicted octanol–water partition coefficient (Wildman–Crippen LogP) is 1.18. The molecule has 0 N–H and O–H groups in total. The van der Waals surface area contributed by atoms with E-state index in [1.807, 2.05) is 4.68 Å². The van der Waals surface area contributed by atoms with Gasteiger partial charge in [0.2, 0.25) is 0 Å². The summed E-state index contributed by atoms with van der Waals surface area (Å²) in [6.07, 6.45) is 4.26. The van der Waals surface area contributed by atoms with Gasteiger partial charge in [-0.15, -0.1) is 0 Å². The Balaban J connectivity index is 2.28. The molecule has 1 aromatic heterocycles. The van der Waals surface area contributed by atoms with Crippen molar-refractivity contribution in [3.05, 3.63) is 12.2 Å². The highest BCUT2D eigenvalue weighted by molar-refractivity contribution is 5.03. The van der Waals surface area contributed by atoms with Crippen molar-refractivity contribution in [3.8, 4) is 0 Å². The number of nitrogens with zero attached hydrogens (tertiary/aromatic N) is 3. The van der Waals surface area contributed by atoms with E-state index in [2.05, 4.69) is 17.0 Å². The van der Waals surface area contributed by atoms with E-state index in [1.54, 1.807) is 6.33 Å². The molecule has 0 saturated heterocycles. The van der Waals surface area contributed by atoms with E-state index in [9.17, 15) is 0 Å². The minimum atomic E-state index is 0.724. The van der Waals surface area contributed by atoms with Crippen LogP contribution in [-0.2, 0) is 6.54 Å². The zero-order chi connectivity index (χ0) is 6.97. The summed E-state index contributed by atoms with van der Waals surface area (Å²) in [5.41, 5.74) is 0. The van der Waals surface area contributed by atoms with Gasteiger partial charge in [-0.2, -0.15) is 5.10 Å². The Morgan fingerprint density at radius 3 is 3.10 bits per heavy atom. The standard InChI is InChI=1S/C7H11N3/c1-2-10-7(6-3-4-6)8-5-9-10/h5-6H,2-4H2,1H3. The molecule has 0 aliphatic heterocycles. The monoisotopic (exact) mass is 137 g/mol. The summed E-state index contributed by atoms with van der Waals surface area (Å²) in [5, 5.41) is 4.10. The van der Waals surface area contributed by atoms with Gasteiger partial charge in [0.25, 0.3) is 0 Å². The minimum Gasteiger partial charge on any atom is -0.250 e. The molecular weight excluding hydrogens is 126 g/mol. The molecule has 0 spiro atoms. The van der Waals surface area contributed by atoms with Crippen LogP contribution in [0, 0.1) is 0 Å². The fraction of sp³-hybridized carbons (Fsp3) is 0.714. The van der Waals surface area contributed by atoms with Crippen molar-refractivity contribution in [3.63, 3.8) is 0 Å². The van der Waals surface area contributed by atoms with Crippen molar-refractivity contribution in [2.75, 3.05) is 0 Å². The maximum atomic E-state index is 4.20. The highest BCUT2D eigenvalue weighted by Gasteiger charge is 2.27. The van der Waals surface area contributed by atoms with Crippen molar-refractivity contribution >= 4 is 0 Å². The molecule has 1 heterocycles. The van der Waals surface area contributed by atoms with Gasteiger partial charge < -0.3 is 0 Å². The summed E-state index contributed by atoms with van der Waals surface area (Å²) in [7, 11) is 0. The van der Waals surface area contributed by atoms with Crippen LogP contribution >= 0.6 is 0 Å². The van der Waals surface area contributed by atoms with Gasteiger partial charge in [0.05, 0.1) is 0 Å². The Morgan fingerprint density at radius 2 is 2.50 bits per heavy atom. The quantitative estimate of drug-likeness (QED) is 0.612. The summed E-state index contributed by atoms with van der Waals surface area (Å²) in [6.45, 7) is 3.05. The lowest BCUT2D eigenvalue weighted by atomic mass is 10.4. The van der Waals surface area contributed by atoms with Crippen molar-refractivity contribution in [1.29, 1.82) is 0 Å². The molecule has 1 fully saturated rings. The van der Waals surface area contributed by atoms with Gasteiger partial charge in [-0.05, 0) is 19.8 Å². The summed E-state index contributed by atoms with van der Waals surface area (Å²) in [6, 6.07) is 0. The van der Waals surface area contributed by atoms with E-state index < -0.39 is 0 Å². The first-order valence-corrected chi connectivity index (χ1v) is 3.79. The minimum absolute atomic E-state index is 0.724. The molecule has 0 unspecified atom stereocenters. The average molecular weight is 137 g/mol. The molecule has 0 bridgehead atoms. The summed E-state index contributed by atoms with van der Waals surface area (Å²) in [5.74, 6) is 1.91. The Morgan fingerprint density at radius 1 is 1.70 bits per heavy atom. The molecule has 2 rings (SSSR count). The Bertz CT molecular complexity index is 225. The van der Waals surface area contributed by atoms with E-state index in [0.29, 0.717) is 0 Å². The van der Waals surface area contributed by atoms with Crippen LogP contribution in [0.5, 0.6) is 0 Å². The highest BCUT2D eigenvalue weighted by atomic mass is 15.3. The zero-order valence-electron chi connectivity index (χ0n) is 6.12. The van der Waals surface area contributed by atoms with Crippen LogP contribution < -0.4 is 0 Å². The largest absolute Gasteiger partial charge is 0.250 e.